The van der Waals surface area contributed by atoms with Crippen LogP contribution in [0.2, 0.25) is 0 Å². The molecule has 1 aromatic rings. The van der Waals surface area contributed by atoms with Crippen LogP contribution < -0.4 is 10.0 Å². The molecular weight excluding hydrogens is 365 g/mol. The van der Waals surface area contributed by atoms with Crippen LogP contribution in [-0.2, 0) is 35.7 Å². The first-order valence-electron chi connectivity index (χ1n) is 8.48. The maximum absolute atomic E-state index is 12.3. The molecule has 25 heavy (non-hydrogen) atoms. The van der Waals surface area contributed by atoms with Crippen LogP contribution in [0.3, 0.4) is 0 Å². The molecule has 6 nitrogen and oxygen atoms in total. The first-order chi connectivity index (χ1) is 11.4. The third-order valence-corrected chi connectivity index (χ3v) is 5.98. The fraction of sp³-hybridized carbons (Fsp3) is 0.588. The van der Waals surface area contributed by atoms with Crippen molar-refractivity contribution in [3.63, 3.8) is 0 Å². The molecule has 0 fully saturated rings. The van der Waals surface area contributed by atoms with Crippen LogP contribution in [0.25, 0.3) is 0 Å². The third kappa shape index (κ3) is 5.28. The number of fused-ring (bicyclic) bond motifs is 2. The third-order valence-electron chi connectivity index (χ3n) is 4.77. The van der Waals surface area contributed by atoms with Crippen molar-refractivity contribution in [2.75, 3.05) is 31.7 Å². The Morgan fingerprint density at radius 1 is 1.08 bits per heavy atom. The molecule has 0 saturated carbocycles. The summed E-state index contributed by atoms with van der Waals surface area (Å²) in [5.41, 5.74) is 5.86. The summed E-state index contributed by atoms with van der Waals surface area (Å²) in [4.78, 5) is 14.0. The standard InChI is InChI=1S/C17H25N3O3S.K/c1-20(2)9-10-24(22,23)19-17(21)18-16-14-7-3-5-12(14)11-13-6-4-8-15(13)16;/h11H,3-10H2,1-2H3,(H2,18,19,21);. The average Bonchev–Trinajstić information content (AvgIpc) is 3.13. The molecule has 2 aliphatic carbocycles. The van der Waals surface area contributed by atoms with Crippen molar-refractivity contribution in [1.29, 1.82) is 0 Å². The Hall–Kier alpha value is 0.0364. The topological polar surface area (TPSA) is 78.5 Å². The minimum atomic E-state index is -3.63. The number of rotatable bonds is 5. The van der Waals surface area contributed by atoms with E-state index in [1.165, 1.54) is 22.3 Å². The molecule has 0 aromatic heterocycles. The van der Waals surface area contributed by atoms with Crippen molar-refractivity contribution in [3.05, 3.63) is 28.3 Å². The van der Waals surface area contributed by atoms with Crippen LogP contribution in [-0.4, -0.2) is 97.1 Å². The Kier molecular flexibility index (Phi) is 7.53. The molecule has 3 rings (SSSR count). The predicted octanol–water partition coefficient (Wildman–Crippen LogP) is 1.30. The maximum Gasteiger partial charge on any atom is 0.332 e. The van der Waals surface area contributed by atoms with Gasteiger partial charge in [-0.2, -0.15) is 0 Å². The molecule has 0 unspecified atom stereocenters. The summed E-state index contributed by atoms with van der Waals surface area (Å²) in [6.07, 6.45) is 6.17. The number of hydrogen-bond acceptors (Lipinski definition) is 4. The summed E-state index contributed by atoms with van der Waals surface area (Å²) >= 11 is 0. The van der Waals surface area contributed by atoms with Gasteiger partial charge in [-0.15, -0.1) is 0 Å². The van der Waals surface area contributed by atoms with Gasteiger partial charge in [0.15, 0.2) is 0 Å². The summed E-state index contributed by atoms with van der Waals surface area (Å²) in [6.45, 7) is 0.374. The number of aryl methyl sites for hydroxylation is 2. The normalized spacial score (nSPS) is 15.5. The molecule has 0 heterocycles. The van der Waals surface area contributed by atoms with E-state index in [0.29, 0.717) is 6.54 Å². The Bertz CT molecular complexity index is 731. The summed E-state index contributed by atoms with van der Waals surface area (Å²) < 4.78 is 26.1. The van der Waals surface area contributed by atoms with Crippen molar-refractivity contribution in [1.82, 2.24) is 9.62 Å². The van der Waals surface area contributed by atoms with Crippen LogP contribution in [0.15, 0.2) is 6.07 Å². The number of sulfonamides is 1. The van der Waals surface area contributed by atoms with E-state index in [2.05, 4.69) is 16.1 Å². The number of urea groups is 1. The van der Waals surface area contributed by atoms with Gasteiger partial charge < -0.3 is 10.2 Å². The van der Waals surface area contributed by atoms with Crippen LogP contribution in [0.5, 0.6) is 0 Å². The van der Waals surface area contributed by atoms with Crippen LogP contribution in [0, 0.1) is 0 Å². The number of nitrogens with zero attached hydrogens (tertiary/aromatic N) is 1. The van der Waals surface area contributed by atoms with E-state index in [4.69, 9.17) is 0 Å². The van der Waals surface area contributed by atoms with Gasteiger partial charge in [-0.05, 0) is 74.9 Å². The zero-order chi connectivity index (χ0) is 17.3. The van der Waals surface area contributed by atoms with Crippen molar-refractivity contribution in [3.8, 4) is 0 Å². The number of benzene rings is 1. The average molecular weight is 391 g/mol. The molecule has 8 heteroatoms. The molecule has 2 aliphatic rings. The molecule has 0 spiro atoms. The molecule has 0 aliphatic heterocycles. The molecule has 0 saturated heterocycles. The summed E-state index contributed by atoms with van der Waals surface area (Å²) in [5.74, 6) is -0.0988. The smallest absolute Gasteiger partial charge is 0.308 e. The van der Waals surface area contributed by atoms with Gasteiger partial charge in [0.1, 0.15) is 0 Å². The molecule has 133 valence electrons. The second kappa shape index (κ2) is 8.82. The molecule has 1 aromatic carbocycles. The van der Waals surface area contributed by atoms with Gasteiger partial charge in [0.2, 0.25) is 10.0 Å². The van der Waals surface area contributed by atoms with E-state index in [1.807, 2.05) is 0 Å². The number of hydrogen-bond donors (Lipinski definition) is 2. The van der Waals surface area contributed by atoms with Crippen LogP contribution in [0.1, 0.15) is 35.1 Å². The summed E-state index contributed by atoms with van der Waals surface area (Å²) in [7, 11) is -0.0323. The van der Waals surface area contributed by atoms with Gasteiger partial charge in [-0.25, -0.2) is 17.9 Å². The molecule has 0 bridgehead atoms. The number of carbonyl (C=O) groups excluding carboxylic acids is 1. The maximum atomic E-state index is 12.3. The molecule has 1 radical (unpaired) electrons. The number of nitrogens with one attached hydrogen (secondary N) is 2. The minimum absolute atomic E-state index is 0. The Balaban J connectivity index is 0.00000225. The van der Waals surface area contributed by atoms with E-state index in [9.17, 15) is 13.2 Å². The fourth-order valence-electron chi connectivity index (χ4n) is 3.60. The molecule has 2 N–H and O–H groups in total. The first-order valence-corrected chi connectivity index (χ1v) is 10.1. The van der Waals surface area contributed by atoms with E-state index in [-0.39, 0.29) is 57.1 Å². The van der Waals surface area contributed by atoms with Crippen LogP contribution in [0.4, 0.5) is 10.5 Å². The summed E-state index contributed by atoms with van der Waals surface area (Å²) in [6, 6.07) is 1.63. The Morgan fingerprint density at radius 3 is 2.16 bits per heavy atom. The number of carbonyl (C=O) groups is 1. The summed E-state index contributed by atoms with van der Waals surface area (Å²) in [5, 5.41) is 2.84. The SMILES string of the molecule is CN(C)CCS(=O)(=O)NC(=O)Nc1c2c(cc3c1CCC3)CCC2.[K]. The van der Waals surface area contributed by atoms with E-state index in [0.717, 1.165) is 44.2 Å². The molecule has 0 atom stereocenters. The van der Waals surface area contributed by atoms with Gasteiger partial charge in [0, 0.05) is 63.6 Å². The van der Waals surface area contributed by atoms with Gasteiger partial charge in [0.05, 0.1) is 5.75 Å². The van der Waals surface area contributed by atoms with Gasteiger partial charge in [0.25, 0.3) is 0 Å². The first kappa shape index (κ1) is 21.3. The van der Waals surface area contributed by atoms with Gasteiger partial charge in [-0.3, -0.25) is 0 Å². The molecule has 2 amide bonds. The van der Waals surface area contributed by atoms with Gasteiger partial charge >= 0.3 is 6.03 Å². The Labute approximate surface area is 192 Å². The van der Waals surface area contributed by atoms with Crippen molar-refractivity contribution < 1.29 is 13.2 Å². The largest absolute Gasteiger partial charge is 0.332 e. The second-order valence-electron chi connectivity index (χ2n) is 6.91. The van der Waals surface area contributed by atoms with E-state index in [1.54, 1.807) is 19.0 Å². The fourth-order valence-corrected chi connectivity index (χ4v) is 4.64. The van der Waals surface area contributed by atoms with E-state index >= 15 is 0 Å². The van der Waals surface area contributed by atoms with Crippen molar-refractivity contribution >= 4 is 73.1 Å². The molecular formula is C17H25KN3O3S. The quantitative estimate of drug-likeness (QED) is 0.743. The van der Waals surface area contributed by atoms with Crippen molar-refractivity contribution in [2.24, 2.45) is 0 Å². The minimum Gasteiger partial charge on any atom is -0.308 e. The van der Waals surface area contributed by atoms with E-state index < -0.39 is 16.1 Å². The van der Waals surface area contributed by atoms with Crippen molar-refractivity contribution in [2.45, 2.75) is 38.5 Å². The van der Waals surface area contributed by atoms with Crippen LogP contribution >= 0.6 is 0 Å². The zero-order valence-electron chi connectivity index (χ0n) is 15.3. The van der Waals surface area contributed by atoms with Gasteiger partial charge in [-0.1, -0.05) is 6.07 Å². The monoisotopic (exact) mass is 390 g/mol. The zero-order valence-corrected chi connectivity index (χ0v) is 19.3. The second-order valence-corrected chi connectivity index (χ2v) is 8.75. The Morgan fingerprint density at radius 2 is 1.64 bits per heavy atom. The predicted molar refractivity (Wildman–Crippen MR) is 101 cm³/mol. The number of amides is 2. The number of anilines is 1.